The van der Waals surface area contributed by atoms with Crippen LogP contribution in [0.1, 0.15) is 20.8 Å². The van der Waals surface area contributed by atoms with E-state index in [2.05, 4.69) is 4.74 Å². The highest BCUT2D eigenvalue weighted by Gasteiger charge is 2.21. The van der Waals surface area contributed by atoms with Crippen LogP contribution in [0.15, 0.2) is 0 Å². The minimum Gasteiger partial charge on any atom is -0.480 e. The topological polar surface area (TPSA) is 87.1 Å². The molecule has 0 aliphatic heterocycles. The molecule has 0 fully saturated rings. The fourth-order valence-corrected chi connectivity index (χ4v) is 1.16. The van der Waals surface area contributed by atoms with Gasteiger partial charge in [0.1, 0.15) is 13.2 Å². The number of aliphatic carboxylic acids is 1. The summed E-state index contributed by atoms with van der Waals surface area (Å²) in [5.41, 5.74) is -0.974. The molecule has 0 bridgehead atoms. The maximum atomic E-state index is 11.5. The first kappa shape index (κ1) is 14.9. The molecule has 0 saturated heterocycles. The molecule has 0 aromatic heterocycles. The molecule has 0 aliphatic carbocycles. The molecule has 94 valence electrons. The Balaban J connectivity index is 4.06. The van der Waals surface area contributed by atoms with Crippen molar-refractivity contribution in [3.63, 3.8) is 0 Å². The molecule has 16 heavy (non-hydrogen) atoms. The predicted molar refractivity (Wildman–Crippen MR) is 57.0 cm³/mol. The van der Waals surface area contributed by atoms with Gasteiger partial charge in [-0.25, -0.2) is 4.79 Å². The second-order valence-electron chi connectivity index (χ2n) is 4.11. The van der Waals surface area contributed by atoms with E-state index in [0.29, 0.717) is 6.54 Å². The molecular formula is C10H19NO5. The summed E-state index contributed by atoms with van der Waals surface area (Å²) in [4.78, 5) is 23.1. The van der Waals surface area contributed by atoms with Gasteiger partial charge in [-0.3, -0.25) is 4.79 Å². The van der Waals surface area contributed by atoms with E-state index in [1.807, 2.05) is 0 Å². The molecule has 0 radical (unpaired) electrons. The van der Waals surface area contributed by atoms with Crippen molar-refractivity contribution in [1.29, 1.82) is 0 Å². The van der Waals surface area contributed by atoms with Crippen LogP contribution in [-0.2, 0) is 14.3 Å². The molecule has 0 aromatic carbocycles. The van der Waals surface area contributed by atoms with E-state index in [0.717, 1.165) is 0 Å². The molecule has 0 rings (SSSR count). The zero-order valence-electron chi connectivity index (χ0n) is 9.89. The van der Waals surface area contributed by atoms with Gasteiger partial charge in [-0.2, -0.15) is 0 Å². The van der Waals surface area contributed by atoms with Crippen LogP contribution in [0.25, 0.3) is 0 Å². The van der Waals surface area contributed by atoms with Crippen LogP contribution in [0.3, 0.4) is 0 Å². The number of hydrogen-bond acceptors (Lipinski definition) is 4. The number of carbonyl (C=O) groups excluding carboxylic acids is 1. The van der Waals surface area contributed by atoms with Crippen LogP contribution < -0.4 is 0 Å². The molecule has 6 nitrogen and oxygen atoms in total. The third kappa shape index (κ3) is 7.19. The minimum absolute atomic E-state index is 0.193. The Morgan fingerprint density at radius 3 is 2.25 bits per heavy atom. The van der Waals surface area contributed by atoms with Crippen molar-refractivity contribution < 1.29 is 24.5 Å². The molecule has 0 unspecified atom stereocenters. The zero-order chi connectivity index (χ0) is 12.8. The van der Waals surface area contributed by atoms with Gasteiger partial charge in [-0.15, -0.1) is 0 Å². The number of carboxylic acids is 1. The fraction of sp³-hybridized carbons (Fsp3) is 0.800. The van der Waals surface area contributed by atoms with Crippen LogP contribution in [0.5, 0.6) is 0 Å². The average molecular weight is 233 g/mol. The van der Waals surface area contributed by atoms with E-state index in [1.54, 1.807) is 20.8 Å². The molecule has 2 N–H and O–H groups in total. The maximum Gasteiger partial charge on any atom is 0.329 e. The van der Waals surface area contributed by atoms with E-state index >= 15 is 0 Å². The highest BCUT2D eigenvalue weighted by atomic mass is 16.5. The Kier molecular flexibility index (Phi) is 5.98. The summed E-state index contributed by atoms with van der Waals surface area (Å²) in [6, 6.07) is 0. The first-order chi connectivity index (χ1) is 7.26. The Hall–Kier alpha value is -1.14. The van der Waals surface area contributed by atoms with Crippen LogP contribution >= 0.6 is 0 Å². The van der Waals surface area contributed by atoms with Gasteiger partial charge in [0.2, 0.25) is 5.91 Å². The molecule has 6 heteroatoms. The fourth-order valence-electron chi connectivity index (χ4n) is 1.16. The summed E-state index contributed by atoms with van der Waals surface area (Å²) < 4.78 is 4.68. The number of ether oxygens (including phenoxy) is 1. The lowest BCUT2D eigenvalue weighted by atomic mass is 10.1. The van der Waals surface area contributed by atoms with E-state index in [-0.39, 0.29) is 19.1 Å². The zero-order valence-corrected chi connectivity index (χ0v) is 9.89. The van der Waals surface area contributed by atoms with Gasteiger partial charge < -0.3 is 19.8 Å². The number of carboxylic acid groups (broad SMARTS) is 1. The minimum atomic E-state index is -1.11. The molecular weight excluding hydrogens is 214 g/mol. The van der Waals surface area contributed by atoms with Crippen LogP contribution in [0.2, 0.25) is 0 Å². The van der Waals surface area contributed by atoms with Gasteiger partial charge in [0, 0.05) is 13.1 Å². The molecule has 0 saturated carbocycles. The average Bonchev–Trinajstić information content (AvgIpc) is 2.11. The smallest absolute Gasteiger partial charge is 0.329 e. The quantitative estimate of drug-likeness (QED) is 0.630. The summed E-state index contributed by atoms with van der Waals surface area (Å²) >= 11 is 0. The maximum absolute atomic E-state index is 11.5. The van der Waals surface area contributed by atoms with Gasteiger partial charge in [-0.1, -0.05) is 0 Å². The molecule has 0 aromatic rings. The van der Waals surface area contributed by atoms with Crippen molar-refractivity contribution >= 4 is 11.9 Å². The van der Waals surface area contributed by atoms with Crippen LogP contribution in [0, 0.1) is 0 Å². The number of hydrogen-bond donors (Lipinski definition) is 2. The molecule has 0 aliphatic rings. The number of amides is 1. The van der Waals surface area contributed by atoms with E-state index in [9.17, 15) is 14.7 Å². The van der Waals surface area contributed by atoms with Crippen molar-refractivity contribution in [3.8, 4) is 0 Å². The normalized spacial score (nSPS) is 11.2. The Morgan fingerprint density at radius 2 is 1.88 bits per heavy atom. The van der Waals surface area contributed by atoms with Gasteiger partial charge in [0.05, 0.1) is 5.60 Å². The van der Waals surface area contributed by atoms with Gasteiger partial charge in [-0.05, 0) is 20.8 Å². The first-order valence-corrected chi connectivity index (χ1v) is 5.06. The van der Waals surface area contributed by atoms with Crippen LogP contribution in [-0.4, -0.2) is 58.9 Å². The SMILES string of the molecule is CCN(CC(C)(C)O)C(=O)COCC(=O)O. The summed E-state index contributed by atoms with van der Waals surface area (Å²) in [5.74, 6) is -1.44. The van der Waals surface area contributed by atoms with Crippen LogP contribution in [0.4, 0.5) is 0 Å². The van der Waals surface area contributed by atoms with Crippen molar-refractivity contribution in [2.75, 3.05) is 26.3 Å². The predicted octanol–water partition coefficient (Wildman–Crippen LogP) is -0.293. The summed E-state index contributed by atoms with van der Waals surface area (Å²) in [5, 5.41) is 17.9. The Labute approximate surface area is 94.8 Å². The number of carbonyl (C=O) groups is 2. The van der Waals surface area contributed by atoms with Crippen molar-refractivity contribution in [3.05, 3.63) is 0 Å². The third-order valence-corrected chi connectivity index (χ3v) is 1.76. The van der Waals surface area contributed by atoms with Crippen molar-refractivity contribution in [1.82, 2.24) is 4.90 Å². The molecule has 0 spiro atoms. The van der Waals surface area contributed by atoms with E-state index in [1.165, 1.54) is 4.90 Å². The summed E-state index contributed by atoms with van der Waals surface area (Å²) in [6.45, 7) is 4.84. The molecule has 1 amide bonds. The van der Waals surface area contributed by atoms with Gasteiger partial charge in [0.25, 0.3) is 0 Å². The lowest BCUT2D eigenvalue weighted by Crippen LogP contribution is -2.43. The Morgan fingerprint density at radius 1 is 1.31 bits per heavy atom. The standard InChI is InChI=1S/C10H19NO5/c1-4-11(7-10(2,3)15)8(12)5-16-6-9(13)14/h15H,4-7H2,1-3H3,(H,13,14). The summed E-state index contributed by atoms with van der Waals surface area (Å²) in [7, 11) is 0. The number of nitrogens with zero attached hydrogens (tertiary/aromatic N) is 1. The lowest BCUT2D eigenvalue weighted by Gasteiger charge is -2.27. The highest BCUT2D eigenvalue weighted by molar-refractivity contribution is 5.78. The Bertz CT molecular complexity index is 246. The van der Waals surface area contributed by atoms with Crippen molar-refractivity contribution in [2.24, 2.45) is 0 Å². The van der Waals surface area contributed by atoms with E-state index < -0.39 is 18.2 Å². The number of rotatable bonds is 7. The highest BCUT2D eigenvalue weighted by Crippen LogP contribution is 2.05. The van der Waals surface area contributed by atoms with Gasteiger partial charge in [0.15, 0.2) is 0 Å². The van der Waals surface area contributed by atoms with Gasteiger partial charge >= 0.3 is 5.97 Å². The molecule has 0 heterocycles. The third-order valence-electron chi connectivity index (χ3n) is 1.76. The number of aliphatic hydroxyl groups is 1. The molecule has 0 atom stereocenters. The lowest BCUT2D eigenvalue weighted by molar-refractivity contribution is -0.146. The summed E-state index contributed by atoms with van der Waals surface area (Å²) in [6.07, 6.45) is 0. The van der Waals surface area contributed by atoms with E-state index in [4.69, 9.17) is 5.11 Å². The second-order valence-corrected chi connectivity index (χ2v) is 4.11. The monoisotopic (exact) mass is 233 g/mol. The first-order valence-electron chi connectivity index (χ1n) is 5.06. The number of likely N-dealkylation sites (N-methyl/N-ethyl adjacent to an activating group) is 1. The second kappa shape index (κ2) is 6.44. The largest absolute Gasteiger partial charge is 0.480 e. The van der Waals surface area contributed by atoms with Crippen molar-refractivity contribution in [2.45, 2.75) is 26.4 Å².